The highest BCUT2D eigenvalue weighted by Gasteiger charge is 2.57. The van der Waals surface area contributed by atoms with Crippen molar-refractivity contribution in [1.82, 2.24) is 14.9 Å². The molecular weight excluding hydrogens is 226 g/mol. The molecule has 0 radical (unpaired) electrons. The summed E-state index contributed by atoms with van der Waals surface area (Å²) in [5.41, 5.74) is 0.278. The molecule has 18 heavy (non-hydrogen) atoms. The van der Waals surface area contributed by atoms with Crippen LogP contribution >= 0.6 is 0 Å². The topological polar surface area (TPSA) is 39.1 Å². The lowest BCUT2D eigenvalue weighted by molar-refractivity contribution is -0.192. The molecule has 3 atom stereocenters. The van der Waals surface area contributed by atoms with E-state index in [1.54, 1.807) is 0 Å². The number of hydrogen-bond acceptors (Lipinski definition) is 3. The van der Waals surface area contributed by atoms with E-state index in [1.165, 1.54) is 12.8 Å². The van der Waals surface area contributed by atoms with E-state index in [4.69, 9.17) is 4.74 Å². The molecule has 1 aromatic rings. The van der Waals surface area contributed by atoms with Gasteiger partial charge >= 0.3 is 0 Å². The van der Waals surface area contributed by atoms with Crippen molar-refractivity contribution in [2.75, 3.05) is 13.2 Å². The largest absolute Gasteiger partial charge is 0.377 e. The van der Waals surface area contributed by atoms with Crippen LogP contribution in [0.15, 0.2) is 18.7 Å². The minimum absolute atomic E-state index is 0.278. The highest BCUT2D eigenvalue weighted by Crippen LogP contribution is 2.51. The number of fused-ring (bicyclic) bond motifs is 1. The van der Waals surface area contributed by atoms with Crippen LogP contribution in [0.1, 0.15) is 26.7 Å². The molecule has 4 heteroatoms. The quantitative estimate of drug-likeness (QED) is 0.882. The summed E-state index contributed by atoms with van der Waals surface area (Å²) in [6.07, 6.45) is 8.73. The second-order valence-electron chi connectivity index (χ2n) is 6.15. The van der Waals surface area contributed by atoms with Gasteiger partial charge in [0.15, 0.2) is 0 Å². The Kier molecular flexibility index (Phi) is 3.16. The number of aromatic nitrogens is 2. The van der Waals surface area contributed by atoms with Crippen LogP contribution in [0.5, 0.6) is 0 Å². The third kappa shape index (κ3) is 1.97. The Labute approximate surface area is 109 Å². The summed E-state index contributed by atoms with van der Waals surface area (Å²) >= 11 is 0. The van der Waals surface area contributed by atoms with E-state index in [0.717, 1.165) is 25.6 Å². The molecule has 1 aromatic heterocycles. The summed E-state index contributed by atoms with van der Waals surface area (Å²) in [6.45, 7) is 7.60. The second-order valence-corrected chi connectivity index (χ2v) is 6.15. The molecule has 3 rings (SSSR count). The molecule has 1 N–H and O–H groups in total. The number of hydrogen-bond donors (Lipinski definition) is 1. The van der Waals surface area contributed by atoms with E-state index in [9.17, 15) is 0 Å². The molecule has 100 valence electrons. The lowest BCUT2D eigenvalue weighted by Crippen LogP contribution is -2.69. The monoisotopic (exact) mass is 249 g/mol. The third-order valence-corrected chi connectivity index (χ3v) is 4.62. The first-order valence-electron chi connectivity index (χ1n) is 7.00. The van der Waals surface area contributed by atoms with Crippen molar-refractivity contribution >= 4 is 0 Å². The van der Waals surface area contributed by atoms with Crippen molar-refractivity contribution in [3.8, 4) is 0 Å². The van der Waals surface area contributed by atoms with Crippen LogP contribution < -0.4 is 5.32 Å². The summed E-state index contributed by atoms with van der Waals surface area (Å²) in [4.78, 5) is 4.06. The molecule has 0 aromatic carbocycles. The Morgan fingerprint density at radius 1 is 1.50 bits per heavy atom. The second kappa shape index (κ2) is 4.67. The molecule has 1 saturated carbocycles. The lowest BCUT2D eigenvalue weighted by atomic mass is 9.55. The van der Waals surface area contributed by atoms with Crippen molar-refractivity contribution in [2.45, 2.75) is 45.4 Å². The molecule has 2 heterocycles. The van der Waals surface area contributed by atoms with Crippen molar-refractivity contribution in [3.63, 3.8) is 0 Å². The summed E-state index contributed by atoms with van der Waals surface area (Å²) < 4.78 is 8.04. The zero-order valence-electron chi connectivity index (χ0n) is 11.3. The molecule has 1 saturated heterocycles. The van der Waals surface area contributed by atoms with Crippen molar-refractivity contribution in [2.24, 2.45) is 11.3 Å². The Bertz CT molecular complexity index is 388. The van der Waals surface area contributed by atoms with Gasteiger partial charge in [-0.2, -0.15) is 0 Å². The maximum atomic E-state index is 5.92. The van der Waals surface area contributed by atoms with Gasteiger partial charge in [-0.1, -0.05) is 13.8 Å². The van der Waals surface area contributed by atoms with Crippen LogP contribution in [0.3, 0.4) is 0 Å². The van der Waals surface area contributed by atoms with Gasteiger partial charge < -0.3 is 14.6 Å². The Hall–Kier alpha value is -0.870. The Morgan fingerprint density at radius 3 is 3.17 bits per heavy atom. The standard InChI is InChI=1S/C14H23N3O/c1-14(2)12(11-4-3-9-18-13(11)14)16-6-8-17-7-5-15-10-17/h5,7,10-13,16H,3-4,6,8-9H2,1-2H3. The predicted octanol–water partition coefficient (Wildman–Crippen LogP) is 1.68. The molecule has 1 aliphatic carbocycles. The third-order valence-electron chi connectivity index (χ3n) is 4.62. The lowest BCUT2D eigenvalue weighted by Gasteiger charge is -2.60. The first-order valence-corrected chi connectivity index (χ1v) is 7.00. The highest BCUT2D eigenvalue weighted by molar-refractivity contribution is 5.10. The van der Waals surface area contributed by atoms with E-state index in [1.807, 2.05) is 18.7 Å². The van der Waals surface area contributed by atoms with Gasteiger partial charge in [0.25, 0.3) is 0 Å². The average molecular weight is 249 g/mol. The summed E-state index contributed by atoms with van der Waals surface area (Å²) in [6, 6.07) is 0.603. The fraction of sp³-hybridized carbons (Fsp3) is 0.786. The van der Waals surface area contributed by atoms with Gasteiger partial charge in [0.2, 0.25) is 0 Å². The van der Waals surface area contributed by atoms with E-state index < -0.39 is 0 Å². The van der Waals surface area contributed by atoms with Crippen LogP contribution in [0, 0.1) is 11.3 Å². The number of nitrogens with one attached hydrogen (secondary N) is 1. The van der Waals surface area contributed by atoms with Gasteiger partial charge in [-0.05, 0) is 12.8 Å². The minimum atomic E-state index is 0.278. The molecule has 1 aliphatic heterocycles. The van der Waals surface area contributed by atoms with Gasteiger partial charge in [-0.25, -0.2) is 4.98 Å². The molecule has 3 unspecified atom stereocenters. The molecule has 0 amide bonds. The smallest absolute Gasteiger partial charge is 0.0946 e. The average Bonchev–Trinajstić information content (AvgIpc) is 2.87. The fourth-order valence-corrected chi connectivity index (χ4v) is 3.71. The fourth-order valence-electron chi connectivity index (χ4n) is 3.71. The van der Waals surface area contributed by atoms with E-state index in [-0.39, 0.29) is 5.41 Å². The summed E-state index contributed by atoms with van der Waals surface area (Å²) in [5, 5.41) is 3.72. The van der Waals surface area contributed by atoms with Gasteiger partial charge in [0.05, 0.1) is 12.4 Å². The molecule has 2 fully saturated rings. The van der Waals surface area contributed by atoms with E-state index >= 15 is 0 Å². The van der Waals surface area contributed by atoms with E-state index in [2.05, 4.69) is 28.7 Å². The van der Waals surface area contributed by atoms with Crippen LogP contribution in [0.4, 0.5) is 0 Å². The molecule has 2 aliphatic rings. The van der Waals surface area contributed by atoms with Gasteiger partial charge in [0, 0.05) is 49.5 Å². The molecular formula is C14H23N3O. The van der Waals surface area contributed by atoms with Crippen LogP contribution in [0.25, 0.3) is 0 Å². The number of ether oxygens (including phenoxy) is 1. The van der Waals surface area contributed by atoms with Gasteiger partial charge in [-0.3, -0.25) is 0 Å². The van der Waals surface area contributed by atoms with Crippen molar-refractivity contribution in [1.29, 1.82) is 0 Å². The highest BCUT2D eigenvalue weighted by atomic mass is 16.5. The zero-order chi connectivity index (χ0) is 12.6. The predicted molar refractivity (Wildman–Crippen MR) is 70.3 cm³/mol. The number of nitrogens with zero attached hydrogens (tertiary/aromatic N) is 2. The minimum Gasteiger partial charge on any atom is -0.377 e. The van der Waals surface area contributed by atoms with Crippen molar-refractivity contribution < 1.29 is 4.74 Å². The number of imidazole rings is 1. The molecule has 4 nitrogen and oxygen atoms in total. The van der Waals surface area contributed by atoms with Crippen LogP contribution in [0.2, 0.25) is 0 Å². The Balaban J connectivity index is 1.53. The van der Waals surface area contributed by atoms with Crippen molar-refractivity contribution in [3.05, 3.63) is 18.7 Å². The summed E-state index contributed by atoms with van der Waals surface area (Å²) in [5.74, 6) is 0.719. The van der Waals surface area contributed by atoms with Crippen LogP contribution in [-0.2, 0) is 11.3 Å². The summed E-state index contributed by atoms with van der Waals surface area (Å²) in [7, 11) is 0. The zero-order valence-corrected chi connectivity index (χ0v) is 11.3. The Morgan fingerprint density at radius 2 is 2.39 bits per heavy atom. The van der Waals surface area contributed by atoms with Gasteiger partial charge in [0.1, 0.15) is 0 Å². The molecule has 0 spiro atoms. The normalized spacial score (nSPS) is 33.8. The van der Waals surface area contributed by atoms with E-state index in [0.29, 0.717) is 12.1 Å². The van der Waals surface area contributed by atoms with Gasteiger partial charge in [-0.15, -0.1) is 0 Å². The molecule has 0 bridgehead atoms. The maximum Gasteiger partial charge on any atom is 0.0946 e. The number of rotatable bonds is 4. The first kappa shape index (κ1) is 12.2. The SMILES string of the molecule is CC1(C)C(NCCn2ccnc2)C2CCCOC21. The first-order chi connectivity index (χ1) is 8.69. The maximum absolute atomic E-state index is 5.92. The van der Waals surface area contributed by atoms with Crippen LogP contribution in [-0.4, -0.2) is 34.8 Å².